The molecule has 2 amide bonds. The van der Waals surface area contributed by atoms with E-state index in [1.54, 1.807) is 36.6 Å². The maximum absolute atomic E-state index is 12.2. The van der Waals surface area contributed by atoms with Gasteiger partial charge in [-0.2, -0.15) is 0 Å². The van der Waals surface area contributed by atoms with E-state index in [2.05, 4.69) is 15.6 Å². The molecule has 3 rings (SSSR count). The summed E-state index contributed by atoms with van der Waals surface area (Å²) < 4.78 is 21.2. The number of carbonyl (C=O) groups excluding carboxylic acids is 2. The lowest BCUT2D eigenvalue weighted by Crippen LogP contribution is -2.36. The van der Waals surface area contributed by atoms with Gasteiger partial charge in [-0.3, -0.25) is 14.9 Å². The topological polar surface area (TPSA) is 132 Å². The van der Waals surface area contributed by atoms with E-state index in [1.165, 1.54) is 31.8 Å². The van der Waals surface area contributed by atoms with Crippen molar-refractivity contribution in [2.75, 3.05) is 32.7 Å². The lowest BCUT2D eigenvalue weighted by atomic mass is 10.2. The Morgan fingerprint density at radius 3 is 2.58 bits per heavy atom. The van der Waals surface area contributed by atoms with E-state index in [1.807, 2.05) is 0 Å². The fourth-order valence-electron chi connectivity index (χ4n) is 2.89. The number of thiazole rings is 1. The van der Waals surface area contributed by atoms with Crippen LogP contribution in [0.5, 0.6) is 17.2 Å². The van der Waals surface area contributed by atoms with Crippen molar-refractivity contribution in [3.05, 3.63) is 52.9 Å². The molecule has 1 unspecified atom stereocenters. The predicted molar refractivity (Wildman–Crippen MR) is 121 cm³/mol. The molecule has 1 aromatic carbocycles. The van der Waals surface area contributed by atoms with E-state index in [-0.39, 0.29) is 31.4 Å². The van der Waals surface area contributed by atoms with Crippen LogP contribution in [0, 0.1) is 6.92 Å². The summed E-state index contributed by atoms with van der Waals surface area (Å²) in [7, 11) is 3.01. The molecule has 0 aliphatic rings. The molecule has 2 heterocycles. The summed E-state index contributed by atoms with van der Waals surface area (Å²) >= 11 is 1.21. The zero-order valence-corrected chi connectivity index (χ0v) is 19.2. The van der Waals surface area contributed by atoms with Crippen LogP contribution in [0.3, 0.4) is 0 Å². The number of aryl methyl sites for hydroxylation is 1. The van der Waals surface area contributed by atoms with Crippen molar-refractivity contribution < 1.29 is 33.3 Å². The molecule has 2 aromatic heterocycles. The Morgan fingerprint density at radius 2 is 1.94 bits per heavy atom. The highest BCUT2D eigenvalue weighted by Gasteiger charge is 2.16. The second-order valence-corrected chi connectivity index (χ2v) is 7.78. The number of aromatic nitrogens is 1. The van der Waals surface area contributed by atoms with E-state index in [0.717, 1.165) is 0 Å². The fraction of sp³-hybridized carbons (Fsp3) is 0.318. The number of aliphatic hydroxyl groups excluding tert-OH is 1. The summed E-state index contributed by atoms with van der Waals surface area (Å²) in [5.41, 5.74) is 0.924. The molecular weight excluding hydrogens is 450 g/mol. The SMILES string of the molecule is COc1cccc(OC)c1OCC(O)CNC(=O)Cc1csc(NC(=O)c2ccoc2C)n1. The van der Waals surface area contributed by atoms with E-state index >= 15 is 0 Å². The number of anilines is 1. The highest BCUT2D eigenvalue weighted by Crippen LogP contribution is 2.36. The summed E-state index contributed by atoms with van der Waals surface area (Å²) in [6.45, 7) is 1.61. The number of para-hydroxylation sites is 1. The van der Waals surface area contributed by atoms with Crippen LogP contribution in [0.25, 0.3) is 0 Å². The minimum absolute atomic E-state index is 0.00498. The van der Waals surface area contributed by atoms with Crippen molar-refractivity contribution in [3.8, 4) is 17.2 Å². The van der Waals surface area contributed by atoms with Gasteiger partial charge in [-0.1, -0.05) is 6.07 Å². The Hall–Kier alpha value is -3.57. The highest BCUT2D eigenvalue weighted by molar-refractivity contribution is 7.14. The van der Waals surface area contributed by atoms with Crippen molar-refractivity contribution >= 4 is 28.3 Å². The highest BCUT2D eigenvalue weighted by atomic mass is 32.1. The number of hydrogen-bond donors (Lipinski definition) is 3. The Bertz CT molecular complexity index is 1070. The van der Waals surface area contributed by atoms with Crippen LogP contribution in [0.1, 0.15) is 21.8 Å². The van der Waals surface area contributed by atoms with Crippen LogP contribution >= 0.6 is 11.3 Å². The normalized spacial score (nSPS) is 11.5. The third kappa shape index (κ3) is 6.46. The van der Waals surface area contributed by atoms with Crippen molar-refractivity contribution in [3.63, 3.8) is 0 Å². The summed E-state index contributed by atoms with van der Waals surface area (Å²) in [5.74, 6) is 1.17. The molecule has 0 fully saturated rings. The predicted octanol–water partition coefficient (Wildman–Crippen LogP) is 2.41. The standard InChI is InChI=1S/C22H25N3O7S/c1-13-16(7-8-31-13)21(28)25-22-24-14(12-33-22)9-19(27)23-10-15(26)11-32-20-17(29-2)5-4-6-18(20)30-3/h4-8,12,15,26H,9-11H2,1-3H3,(H,23,27)(H,24,25,28). The number of benzene rings is 1. The minimum atomic E-state index is -0.952. The van der Waals surface area contributed by atoms with E-state index < -0.39 is 6.10 Å². The number of amides is 2. The number of aliphatic hydroxyl groups is 1. The number of hydrogen-bond acceptors (Lipinski definition) is 9. The van der Waals surface area contributed by atoms with Gasteiger partial charge in [0.2, 0.25) is 11.7 Å². The van der Waals surface area contributed by atoms with Gasteiger partial charge in [-0.25, -0.2) is 4.98 Å². The van der Waals surface area contributed by atoms with Crippen LogP contribution in [-0.4, -0.2) is 55.4 Å². The molecular formula is C22H25N3O7S. The smallest absolute Gasteiger partial charge is 0.260 e. The molecule has 11 heteroatoms. The number of nitrogens with zero attached hydrogens (tertiary/aromatic N) is 1. The molecule has 176 valence electrons. The Morgan fingerprint density at radius 1 is 1.21 bits per heavy atom. The third-order valence-electron chi connectivity index (χ3n) is 4.55. The van der Waals surface area contributed by atoms with E-state index in [0.29, 0.717) is 39.4 Å². The third-order valence-corrected chi connectivity index (χ3v) is 5.36. The minimum Gasteiger partial charge on any atom is -0.493 e. The zero-order valence-electron chi connectivity index (χ0n) is 18.4. The van der Waals surface area contributed by atoms with Crippen LogP contribution < -0.4 is 24.8 Å². The molecule has 0 spiro atoms. The Balaban J connectivity index is 1.44. The number of rotatable bonds is 11. The summed E-state index contributed by atoms with van der Waals surface area (Å²) in [5, 5.41) is 17.6. The summed E-state index contributed by atoms with van der Waals surface area (Å²) in [6, 6.07) is 6.76. The number of furan rings is 1. The van der Waals surface area contributed by atoms with Gasteiger partial charge in [-0.05, 0) is 25.1 Å². The van der Waals surface area contributed by atoms with Gasteiger partial charge in [-0.15, -0.1) is 11.3 Å². The first kappa shape index (κ1) is 24.1. The maximum Gasteiger partial charge on any atom is 0.260 e. The van der Waals surface area contributed by atoms with Gasteiger partial charge in [0.05, 0.1) is 38.2 Å². The molecule has 0 aliphatic heterocycles. The first-order chi connectivity index (χ1) is 15.9. The van der Waals surface area contributed by atoms with Gasteiger partial charge in [0.15, 0.2) is 16.6 Å². The molecule has 3 N–H and O–H groups in total. The molecule has 0 saturated heterocycles. The van der Waals surface area contributed by atoms with Gasteiger partial charge >= 0.3 is 0 Å². The van der Waals surface area contributed by atoms with Crippen molar-refractivity contribution in [2.45, 2.75) is 19.4 Å². The average Bonchev–Trinajstić information content (AvgIpc) is 3.44. The number of carbonyl (C=O) groups is 2. The monoisotopic (exact) mass is 475 g/mol. The van der Waals surface area contributed by atoms with Crippen molar-refractivity contribution in [2.24, 2.45) is 0 Å². The molecule has 3 aromatic rings. The summed E-state index contributed by atoms with van der Waals surface area (Å²) in [6.07, 6.45) is 0.492. The lowest BCUT2D eigenvalue weighted by molar-refractivity contribution is -0.121. The Labute approximate surface area is 194 Å². The number of nitrogens with one attached hydrogen (secondary N) is 2. The van der Waals surface area contributed by atoms with Crippen LogP contribution in [-0.2, 0) is 11.2 Å². The van der Waals surface area contributed by atoms with Gasteiger partial charge in [0.25, 0.3) is 5.91 Å². The number of ether oxygens (including phenoxy) is 3. The number of methoxy groups -OCH3 is 2. The van der Waals surface area contributed by atoms with E-state index in [4.69, 9.17) is 18.6 Å². The molecule has 0 aliphatic carbocycles. The van der Waals surface area contributed by atoms with Crippen LogP contribution in [0.2, 0.25) is 0 Å². The second-order valence-electron chi connectivity index (χ2n) is 6.93. The second kappa shape index (κ2) is 11.3. The summed E-state index contributed by atoms with van der Waals surface area (Å²) in [4.78, 5) is 28.7. The first-order valence-corrected chi connectivity index (χ1v) is 10.9. The van der Waals surface area contributed by atoms with Gasteiger partial charge < -0.3 is 29.1 Å². The first-order valence-electron chi connectivity index (χ1n) is 9.99. The molecule has 10 nitrogen and oxygen atoms in total. The fourth-order valence-corrected chi connectivity index (χ4v) is 3.59. The quantitative estimate of drug-likeness (QED) is 0.385. The molecule has 0 saturated carbocycles. The van der Waals surface area contributed by atoms with Gasteiger partial charge in [0, 0.05) is 11.9 Å². The molecule has 33 heavy (non-hydrogen) atoms. The van der Waals surface area contributed by atoms with Crippen molar-refractivity contribution in [1.29, 1.82) is 0 Å². The van der Waals surface area contributed by atoms with E-state index in [9.17, 15) is 14.7 Å². The lowest BCUT2D eigenvalue weighted by Gasteiger charge is -2.17. The largest absolute Gasteiger partial charge is 0.493 e. The average molecular weight is 476 g/mol. The van der Waals surface area contributed by atoms with Gasteiger partial charge in [0.1, 0.15) is 18.5 Å². The maximum atomic E-state index is 12.2. The van der Waals surface area contributed by atoms with Crippen LogP contribution in [0.4, 0.5) is 5.13 Å². The van der Waals surface area contributed by atoms with Crippen molar-refractivity contribution in [1.82, 2.24) is 10.3 Å². The Kier molecular flexibility index (Phi) is 8.28. The van der Waals surface area contributed by atoms with Crippen LogP contribution in [0.15, 0.2) is 40.3 Å². The molecule has 0 radical (unpaired) electrons. The molecule has 0 bridgehead atoms. The molecule has 1 atom stereocenters. The zero-order chi connectivity index (χ0) is 23.8.